The lowest BCUT2D eigenvalue weighted by atomic mass is 9.71. The molecule has 8 nitrogen and oxygen atoms in total. The molecule has 2 atom stereocenters. The molecule has 1 aliphatic heterocycles. The summed E-state index contributed by atoms with van der Waals surface area (Å²) < 4.78 is 21.7. The van der Waals surface area contributed by atoms with Crippen LogP contribution >= 0.6 is 0 Å². The average Bonchev–Trinajstić information content (AvgIpc) is 3.48. The lowest BCUT2D eigenvalue weighted by Gasteiger charge is -2.37. The van der Waals surface area contributed by atoms with Gasteiger partial charge < -0.3 is 24.3 Å². The molecule has 1 fully saturated rings. The first-order valence-corrected chi connectivity index (χ1v) is 13.7. The highest BCUT2D eigenvalue weighted by Crippen LogP contribution is 2.46. The predicted octanol–water partition coefficient (Wildman–Crippen LogP) is 5.34. The van der Waals surface area contributed by atoms with Crippen LogP contribution < -0.4 is 14.8 Å². The molecule has 0 spiro atoms. The molecule has 0 saturated heterocycles. The van der Waals surface area contributed by atoms with Crippen LogP contribution in [0.2, 0.25) is 0 Å². The Balaban J connectivity index is 1.53. The Hall–Kier alpha value is -4.07. The van der Waals surface area contributed by atoms with Gasteiger partial charge in [-0.1, -0.05) is 18.2 Å². The number of hydrogen-bond acceptors (Lipinski definition) is 8. The first kappa shape index (κ1) is 27.5. The van der Waals surface area contributed by atoms with E-state index in [1.807, 2.05) is 25.1 Å². The molecule has 2 aliphatic carbocycles. The van der Waals surface area contributed by atoms with Crippen LogP contribution in [0.5, 0.6) is 11.5 Å². The van der Waals surface area contributed by atoms with Gasteiger partial charge in [-0.25, -0.2) is 9.59 Å². The number of carbonyl (C=O) groups is 3. The minimum absolute atomic E-state index is 0.0331. The smallest absolute Gasteiger partial charge is 0.337 e. The van der Waals surface area contributed by atoms with Gasteiger partial charge in [-0.15, -0.1) is 0 Å². The van der Waals surface area contributed by atoms with E-state index in [-0.39, 0.29) is 24.2 Å². The summed E-state index contributed by atoms with van der Waals surface area (Å²) in [6.07, 6.45) is 4.55. The van der Waals surface area contributed by atoms with Crippen molar-refractivity contribution >= 4 is 17.7 Å². The van der Waals surface area contributed by atoms with Gasteiger partial charge in [-0.3, -0.25) is 4.79 Å². The summed E-state index contributed by atoms with van der Waals surface area (Å²) in [5.41, 5.74) is 4.61. The second-order valence-electron chi connectivity index (χ2n) is 10.6. The Bertz CT molecular complexity index is 1380. The summed E-state index contributed by atoms with van der Waals surface area (Å²) in [6.45, 7) is 1.86. The summed E-state index contributed by atoms with van der Waals surface area (Å²) >= 11 is 0. The second kappa shape index (κ2) is 11.6. The molecule has 1 heterocycles. The van der Waals surface area contributed by atoms with E-state index in [1.165, 1.54) is 7.11 Å². The fourth-order valence-electron chi connectivity index (χ4n) is 6.14. The van der Waals surface area contributed by atoms with E-state index in [2.05, 4.69) is 5.32 Å². The number of benzene rings is 2. The molecule has 2 aromatic carbocycles. The average molecular weight is 546 g/mol. The summed E-state index contributed by atoms with van der Waals surface area (Å²) in [4.78, 5) is 39.6. The molecular formula is C32H35NO7. The zero-order chi connectivity index (χ0) is 28.4. The number of Topliss-reactive ketones (excluding diaryl/α,β-unsaturated/α-hetero) is 1. The van der Waals surface area contributed by atoms with E-state index in [0.717, 1.165) is 42.5 Å². The molecule has 8 heteroatoms. The molecule has 0 aromatic heterocycles. The van der Waals surface area contributed by atoms with Crippen LogP contribution in [0, 0.1) is 0 Å². The number of esters is 2. The number of methoxy groups -OCH3 is 3. The van der Waals surface area contributed by atoms with E-state index < -0.39 is 17.9 Å². The number of nitrogens with one attached hydrogen (secondary N) is 1. The molecule has 5 rings (SSSR count). The number of ether oxygens (including phenoxy) is 4. The first-order chi connectivity index (χ1) is 19.3. The van der Waals surface area contributed by atoms with Gasteiger partial charge >= 0.3 is 11.9 Å². The zero-order valence-corrected chi connectivity index (χ0v) is 23.4. The maximum absolute atomic E-state index is 13.9. The van der Waals surface area contributed by atoms with Crippen molar-refractivity contribution in [3.05, 3.63) is 81.7 Å². The molecule has 1 N–H and O–H groups in total. The molecule has 1 saturated carbocycles. The van der Waals surface area contributed by atoms with Crippen LogP contribution in [0.1, 0.15) is 78.8 Å². The number of hydrogen-bond donors (Lipinski definition) is 1. The van der Waals surface area contributed by atoms with Crippen LogP contribution in [0.4, 0.5) is 0 Å². The van der Waals surface area contributed by atoms with Gasteiger partial charge in [0.15, 0.2) is 17.3 Å². The maximum Gasteiger partial charge on any atom is 0.337 e. The highest BCUT2D eigenvalue weighted by atomic mass is 16.5. The van der Waals surface area contributed by atoms with Gasteiger partial charge in [-0.2, -0.15) is 0 Å². The normalized spacial score (nSPS) is 21.1. The first-order valence-electron chi connectivity index (χ1n) is 13.7. The van der Waals surface area contributed by atoms with E-state index in [1.54, 1.807) is 38.5 Å². The molecule has 0 unspecified atom stereocenters. The monoisotopic (exact) mass is 545 g/mol. The highest BCUT2D eigenvalue weighted by molar-refractivity contribution is 6.04. The maximum atomic E-state index is 13.9. The summed E-state index contributed by atoms with van der Waals surface area (Å²) in [5.74, 6) is -0.314. The van der Waals surface area contributed by atoms with Crippen molar-refractivity contribution in [1.29, 1.82) is 0 Å². The Morgan fingerprint density at radius 1 is 0.850 bits per heavy atom. The van der Waals surface area contributed by atoms with Crippen molar-refractivity contribution in [2.75, 3.05) is 21.3 Å². The number of rotatable bonds is 7. The van der Waals surface area contributed by atoms with Crippen molar-refractivity contribution in [3.8, 4) is 11.5 Å². The Labute approximate surface area is 234 Å². The van der Waals surface area contributed by atoms with Crippen LogP contribution in [-0.4, -0.2) is 45.2 Å². The number of carbonyl (C=O) groups excluding carboxylic acids is 3. The van der Waals surface area contributed by atoms with Gasteiger partial charge in [0, 0.05) is 29.3 Å². The summed E-state index contributed by atoms with van der Waals surface area (Å²) in [6, 6.07) is 12.6. The van der Waals surface area contributed by atoms with Crippen LogP contribution in [-0.2, 0) is 19.1 Å². The van der Waals surface area contributed by atoms with E-state index in [4.69, 9.17) is 18.9 Å². The Morgan fingerprint density at radius 3 is 2.17 bits per heavy atom. The molecule has 0 amide bonds. The number of allylic oxidation sites excluding steroid dienone is 3. The lowest BCUT2D eigenvalue weighted by Crippen LogP contribution is -2.36. The van der Waals surface area contributed by atoms with E-state index in [9.17, 15) is 14.4 Å². The van der Waals surface area contributed by atoms with Crippen molar-refractivity contribution in [3.63, 3.8) is 0 Å². The number of dihydropyridines is 1. The molecule has 0 bridgehead atoms. The van der Waals surface area contributed by atoms with E-state index in [0.29, 0.717) is 40.3 Å². The highest BCUT2D eigenvalue weighted by Gasteiger charge is 2.42. The minimum Gasteiger partial charge on any atom is -0.493 e. The van der Waals surface area contributed by atoms with Gasteiger partial charge in [0.25, 0.3) is 0 Å². The van der Waals surface area contributed by atoms with Crippen molar-refractivity contribution in [2.24, 2.45) is 0 Å². The molecular weight excluding hydrogens is 510 g/mol. The van der Waals surface area contributed by atoms with Gasteiger partial charge in [0.1, 0.15) is 6.10 Å². The van der Waals surface area contributed by atoms with Crippen molar-refractivity contribution in [2.45, 2.75) is 63.4 Å². The van der Waals surface area contributed by atoms with Crippen LogP contribution in [0.15, 0.2) is 65.0 Å². The van der Waals surface area contributed by atoms with Crippen LogP contribution in [0.25, 0.3) is 0 Å². The second-order valence-corrected chi connectivity index (χ2v) is 10.6. The van der Waals surface area contributed by atoms with Gasteiger partial charge in [0.2, 0.25) is 0 Å². The Kier molecular flexibility index (Phi) is 7.96. The molecule has 40 heavy (non-hydrogen) atoms. The van der Waals surface area contributed by atoms with Crippen molar-refractivity contribution in [1.82, 2.24) is 5.32 Å². The third kappa shape index (κ3) is 5.22. The Morgan fingerprint density at radius 2 is 1.52 bits per heavy atom. The van der Waals surface area contributed by atoms with Gasteiger partial charge in [0.05, 0.1) is 32.5 Å². The molecule has 2 aromatic rings. The molecule has 3 aliphatic rings. The fourth-order valence-corrected chi connectivity index (χ4v) is 6.14. The van der Waals surface area contributed by atoms with E-state index >= 15 is 0 Å². The third-order valence-corrected chi connectivity index (χ3v) is 8.17. The molecule has 0 radical (unpaired) electrons. The summed E-state index contributed by atoms with van der Waals surface area (Å²) in [5, 5.41) is 3.40. The number of ketones is 1. The third-order valence-electron chi connectivity index (χ3n) is 8.17. The topological polar surface area (TPSA) is 100 Å². The lowest BCUT2D eigenvalue weighted by molar-refractivity contribution is -0.144. The van der Waals surface area contributed by atoms with Crippen LogP contribution in [0.3, 0.4) is 0 Å². The SMILES string of the molecule is COC(=O)c1ccc([C@H]2C(C(=O)OC3CCCC3)=C(C)NC3=C2C(=O)C[C@@H](c2ccc(OC)c(OC)c2)C3)cc1. The quantitative estimate of drug-likeness (QED) is 0.466. The zero-order valence-electron chi connectivity index (χ0n) is 23.4. The summed E-state index contributed by atoms with van der Waals surface area (Å²) in [7, 11) is 4.51. The standard InChI is InChI=1S/C32H35NO7/c1-18-28(32(36)40-23-7-5-6-8-23)29(19-9-11-20(12-10-19)31(35)39-4)30-24(33-18)15-22(16-25(30)34)21-13-14-26(37-2)27(17-21)38-3/h9-14,17,22-23,29,33H,5-8,15-16H2,1-4H3/t22-,29-/m0/s1. The van der Waals surface area contributed by atoms with Gasteiger partial charge in [-0.05, 0) is 80.3 Å². The molecule has 210 valence electrons. The predicted molar refractivity (Wildman–Crippen MR) is 148 cm³/mol. The largest absolute Gasteiger partial charge is 0.493 e. The fraction of sp³-hybridized carbons (Fsp3) is 0.406. The minimum atomic E-state index is -0.601. The van der Waals surface area contributed by atoms with Crippen molar-refractivity contribution < 1.29 is 33.3 Å².